The number of aromatic nitrogens is 2. The Morgan fingerprint density at radius 3 is 2.56 bits per heavy atom. The van der Waals surface area contributed by atoms with Crippen LogP contribution in [-0.2, 0) is 17.8 Å². The minimum atomic E-state index is -0.218. The number of aliphatic imine (C=N–C) groups is 2. The van der Waals surface area contributed by atoms with Gasteiger partial charge in [0.2, 0.25) is 0 Å². The zero-order valence-corrected chi connectivity index (χ0v) is 14.1. The first-order chi connectivity index (χ1) is 12.1. The van der Waals surface area contributed by atoms with Crippen molar-refractivity contribution >= 4 is 22.9 Å². The molecule has 0 spiro atoms. The van der Waals surface area contributed by atoms with E-state index in [2.05, 4.69) is 9.98 Å². The molecular weight excluding hydrogens is 324 g/mol. The molecule has 1 aliphatic carbocycles. The summed E-state index contributed by atoms with van der Waals surface area (Å²) >= 11 is 0. The SMILES string of the molecule is COC1=CC(=N\c2c(N)n3n(c2=O)CCCC3)/C(N)=CC/1=N\CCO. The van der Waals surface area contributed by atoms with Crippen molar-refractivity contribution in [1.82, 2.24) is 9.36 Å². The van der Waals surface area contributed by atoms with Crippen molar-refractivity contribution in [3.8, 4) is 0 Å². The van der Waals surface area contributed by atoms with E-state index in [0.29, 0.717) is 41.8 Å². The Morgan fingerprint density at radius 2 is 1.92 bits per heavy atom. The lowest BCUT2D eigenvalue weighted by atomic mass is 10.1. The Bertz CT molecular complexity index is 856. The number of ether oxygens (including phenoxy) is 1. The molecule has 0 bridgehead atoms. The Kier molecular flexibility index (Phi) is 4.75. The molecule has 0 unspecified atom stereocenters. The monoisotopic (exact) mass is 346 g/mol. The number of aliphatic hydroxyl groups excluding tert-OH is 1. The van der Waals surface area contributed by atoms with E-state index in [1.165, 1.54) is 7.11 Å². The number of hydrogen-bond donors (Lipinski definition) is 3. The summed E-state index contributed by atoms with van der Waals surface area (Å²) in [5, 5.41) is 8.91. The summed E-state index contributed by atoms with van der Waals surface area (Å²) in [5.74, 6) is 0.807. The van der Waals surface area contributed by atoms with Crippen LogP contribution >= 0.6 is 0 Å². The van der Waals surface area contributed by atoms with E-state index in [1.54, 1.807) is 21.5 Å². The molecule has 0 amide bonds. The molecule has 1 aliphatic heterocycles. The molecule has 0 radical (unpaired) electrons. The van der Waals surface area contributed by atoms with Gasteiger partial charge < -0.3 is 21.3 Å². The Morgan fingerprint density at radius 1 is 1.20 bits per heavy atom. The lowest BCUT2D eigenvalue weighted by Crippen LogP contribution is -2.27. The Labute approximate surface area is 144 Å². The van der Waals surface area contributed by atoms with E-state index in [4.69, 9.17) is 21.3 Å². The minimum Gasteiger partial charge on any atom is -0.494 e. The average molecular weight is 346 g/mol. The van der Waals surface area contributed by atoms with Crippen LogP contribution in [0.25, 0.3) is 0 Å². The summed E-state index contributed by atoms with van der Waals surface area (Å²) < 4.78 is 8.69. The number of nitrogens with two attached hydrogens (primary N) is 2. The van der Waals surface area contributed by atoms with Gasteiger partial charge in [0.15, 0.2) is 11.5 Å². The average Bonchev–Trinajstić information content (AvgIpc) is 2.87. The lowest BCUT2D eigenvalue weighted by Gasteiger charge is -2.17. The van der Waals surface area contributed by atoms with Gasteiger partial charge in [0.25, 0.3) is 5.56 Å². The smallest absolute Gasteiger partial charge is 0.294 e. The molecule has 134 valence electrons. The molecule has 0 saturated heterocycles. The van der Waals surface area contributed by atoms with E-state index >= 15 is 0 Å². The number of rotatable bonds is 4. The van der Waals surface area contributed by atoms with Crippen molar-refractivity contribution in [2.45, 2.75) is 25.9 Å². The summed E-state index contributed by atoms with van der Waals surface area (Å²) in [6, 6.07) is 0. The highest BCUT2D eigenvalue weighted by molar-refractivity contribution is 6.23. The summed E-state index contributed by atoms with van der Waals surface area (Å²) in [4.78, 5) is 21.2. The molecule has 3 rings (SSSR count). The zero-order chi connectivity index (χ0) is 18.0. The van der Waals surface area contributed by atoms with Crippen LogP contribution in [0.15, 0.2) is 38.4 Å². The van der Waals surface area contributed by atoms with E-state index in [0.717, 1.165) is 12.8 Å². The van der Waals surface area contributed by atoms with Gasteiger partial charge in [0.1, 0.15) is 11.5 Å². The molecule has 25 heavy (non-hydrogen) atoms. The highest BCUT2D eigenvalue weighted by Gasteiger charge is 2.22. The third-order valence-corrected chi connectivity index (χ3v) is 4.18. The number of nitrogen functional groups attached to an aromatic ring is 1. The van der Waals surface area contributed by atoms with Gasteiger partial charge in [-0.05, 0) is 18.9 Å². The van der Waals surface area contributed by atoms with Gasteiger partial charge >= 0.3 is 0 Å². The summed E-state index contributed by atoms with van der Waals surface area (Å²) in [5.41, 5.74) is 13.4. The Hall–Kier alpha value is -2.81. The first-order valence-corrected chi connectivity index (χ1v) is 8.13. The van der Waals surface area contributed by atoms with Crippen LogP contribution in [0.5, 0.6) is 0 Å². The van der Waals surface area contributed by atoms with Gasteiger partial charge in [0, 0.05) is 19.2 Å². The molecule has 1 aromatic rings. The quantitative estimate of drug-likeness (QED) is 0.656. The second-order valence-corrected chi connectivity index (χ2v) is 5.79. The maximum absolute atomic E-state index is 12.6. The summed E-state index contributed by atoms with van der Waals surface area (Å²) in [6.45, 7) is 1.51. The topological polar surface area (TPSA) is 133 Å². The van der Waals surface area contributed by atoms with Gasteiger partial charge in [-0.1, -0.05) is 0 Å². The molecule has 5 N–H and O–H groups in total. The fraction of sp³-hybridized carbons (Fsp3) is 0.438. The van der Waals surface area contributed by atoms with Crippen LogP contribution in [0, 0.1) is 0 Å². The molecule has 0 aromatic carbocycles. The second kappa shape index (κ2) is 6.98. The maximum atomic E-state index is 12.6. The molecule has 0 fully saturated rings. The number of hydrogen-bond acceptors (Lipinski definition) is 7. The minimum absolute atomic E-state index is 0.0707. The van der Waals surface area contributed by atoms with Crippen LogP contribution < -0.4 is 17.0 Å². The Balaban J connectivity index is 2.04. The number of methoxy groups -OCH3 is 1. The third kappa shape index (κ3) is 3.10. The fourth-order valence-electron chi connectivity index (χ4n) is 2.93. The standard InChI is InChI=1S/C16H22N6O3/c1-25-13-9-11(10(17)8-12(13)19-4-7-23)20-14-15(18)21-5-2-3-6-22(21)16(14)24/h8-9,23H,2-7,17-18H2,1H3/b19-12+,20-11+. The highest BCUT2D eigenvalue weighted by atomic mass is 16.5. The van der Waals surface area contributed by atoms with Crippen LogP contribution in [0.1, 0.15) is 12.8 Å². The van der Waals surface area contributed by atoms with Crippen molar-refractivity contribution < 1.29 is 9.84 Å². The predicted octanol–water partition coefficient (Wildman–Crippen LogP) is -0.0819. The number of allylic oxidation sites excluding steroid dienone is 2. The molecule has 9 heteroatoms. The molecule has 0 atom stereocenters. The van der Waals surface area contributed by atoms with Crippen LogP contribution in [0.3, 0.4) is 0 Å². The first kappa shape index (κ1) is 17.0. The predicted molar refractivity (Wildman–Crippen MR) is 96.2 cm³/mol. The second-order valence-electron chi connectivity index (χ2n) is 5.79. The molecule has 9 nitrogen and oxygen atoms in total. The van der Waals surface area contributed by atoms with Crippen LogP contribution in [0.4, 0.5) is 11.5 Å². The van der Waals surface area contributed by atoms with Gasteiger partial charge in [-0.25, -0.2) is 9.67 Å². The number of nitrogens with zero attached hydrogens (tertiary/aromatic N) is 4. The van der Waals surface area contributed by atoms with E-state index in [9.17, 15) is 4.79 Å². The molecule has 2 aliphatic rings. The zero-order valence-electron chi connectivity index (χ0n) is 14.1. The van der Waals surface area contributed by atoms with Gasteiger partial charge in [-0.15, -0.1) is 0 Å². The first-order valence-electron chi connectivity index (χ1n) is 8.13. The van der Waals surface area contributed by atoms with Crippen molar-refractivity contribution in [2.75, 3.05) is 26.0 Å². The normalized spacial score (nSPS) is 20.4. The number of anilines is 1. The van der Waals surface area contributed by atoms with Gasteiger partial charge in [-0.3, -0.25) is 14.5 Å². The summed E-state index contributed by atoms with van der Waals surface area (Å²) in [7, 11) is 1.51. The van der Waals surface area contributed by atoms with Crippen molar-refractivity contribution in [3.63, 3.8) is 0 Å². The van der Waals surface area contributed by atoms with Crippen LogP contribution in [0.2, 0.25) is 0 Å². The van der Waals surface area contributed by atoms with Crippen molar-refractivity contribution in [1.29, 1.82) is 0 Å². The summed E-state index contributed by atoms with van der Waals surface area (Å²) in [6.07, 6.45) is 5.15. The van der Waals surface area contributed by atoms with E-state index in [-0.39, 0.29) is 24.4 Å². The molecule has 0 saturated carbocycles. The van der Waals surface area contributed by atoms with Gasteiger partial charge in [0.05, 0.1) is 31.7 Å². The fourth-order valence-corrected chi connectivity index (χ4v) is 2.93. The highest BCUT2D eigenvalue weighted by Crippen LogP contribution is 2.24. The maximum Gasteiger partial charge on any atom is 0.294 e. The molecular formula is C16H22N6O3. The van der Waals surface area contributed by atoms with E-state index < -0.39 is 0 Å². The van der Waals surface area contributed by atoms with E-state index in [1.807, 2.05) is 0 Å². The van der Waals surface area contributed by atoms with Gasteiger partial charge in [-0.2, -0.15) is 0 Å². The third-order valence-electron chi connectivity index (χ3n) is 4.18. The van der Waals surface area contributed by atoms with Crippen molar-refractivity contribution in [3.05, 3.63) is 34.0 Å². The van der Waals surface area contributed by atoms with Crippen molar-refractivity contribution in [2.24, 2.45) is 15.7 Å². The number of fused-ring (bicyclic) bond motifs is 1. The molecule has 1 aromatic heterocycles. The van der Waals surface area contributed by atoms with Crippen LogP contribution in [-0.4, -0.2) is 46.2 Å². The largest absolute Gasteiger partial charge is 0.494 e. The lowest BCUT2D eigenvalue weighted by molar-refractivity contribution is 0.304. The number of aliphatic hydroxyl groups is 1. The molecule has 2 heterocycles.